The molecule has 0 spiro atoms. The summed E-state index contributed by atoms with van der Waals surface area (Å²) in [6.45, 7) is 1.52. The Morgan fingerprint density at radius 1 is 1.14 bits per heavy atom. The van der Waals surface area contributed by atoms with Gasteiger partial charge in [-0.15, -0.1) is 0 Å². The SMILES string of the molecule is COc1ccc(CC[NH+](C)CCCS(=O)(=O)[O-])cc1OC. The molecule has 0 aliphatic heterocycles. The predicted molar refractivity (Wildman–Crippen MR) is 79.1 cm³/mol. The highest BCUT2D eigenvalue weighted by atomic mass is 32.2. The van der Waals surface area contributed by atoms with Gasteiger partial charge in [0.15, 0.2) is 11.5 Å². The lowest BCUT2D eigenvalue weighted by molar-refractivity contribution is -0.879. The summed E-state index contributed by atoms with van der Waals surface area (Å²) in [5.41, 5.74) is 1.13. The molecule has 1 atom stereocenters. The van der Waals surface area contributed by atoms with Crippen molar-refractivity contribution in [3.05, 3.63) is 23.8 Å². The van der Waals surface area contributed by atoms with Gasteiger partial charge >= 0.3 is 0 Å². The van der Waals surface area contributed by atoms with Crippen LogP contribution in [-0.2, 0) is 16.5 Å². The number of quaternary nitrogens is 1. The molecule has 0 saturated carbocycles. The van der Waals surface area contributed by atoms with Gasteiger partial charge in [0.1, 0.15) is 0 Å². The van der Waals surface area contributed by atoms with Gasteiger partial charge in [0, 0.05) is 18.6 Å². The summed E-state index contributed by atoms with van der Waals surface area (Å²) >= 11 is 0. The zero-order chi connectivity index (χ0) is 15.9. The minimum absolute atomic E-state index is 0.291. The van der Waals surface area contributed by atoms with E-state index in [4.69, 9.17) is 9.47 Å². The van der Waals surface area contributed by atoms with Gasteiger partial charge in [-0.2, -0.15) is 0 Å². The molecule has 0 radical (unpaired) electrons. The Balaban J connectivity index is 2.44. The number of nitrogens with one attached hydrogen (secondary N) is 1. The zero-order valence-electron chi connectivity index (χ0n) is 12.7. The fraction of sp³-hybridized carbons (Fsp3) is 0.571. The summed E-state index contributed by atoms with van der Waals surface area (Å²) in [5.74, 6) is 1.11. The van der Waals surface area contributed by atoms with Crippen molar-refractivity contribution in [2.75, 3.05) is 40.1 Å². The molecule has 120 valence electrons. The smallest absolute Gasteiger partial charge is 0.160 e. The number of benzene rings is 1. The second kappa shape index (κ2) is 8.21. The molecule has 0 fully saturated rings. The van der Waals surface area contributed by atoms with Crippen LogP contribution in [0.5, 0.6) is 11.5 Å². The van der Waals surface area contributed by atoms with Gasteiger partial charge in [-0.25, -0.2) is 8.42 Å². The number of likely N-dealkylation sites (N-methyl/N-ethyl adjacent to an activating group) is 1. The highest BCUT2D eigenvalue weighted by molar-refractivity contribution is 7.85. The predicted octanol–water partition coefficient (Wildman–Crippen LogP) is -0.304. The van der Waals surface area contributed by atoms with E-state index < -0.39 is 10.1 Å². The van der Waals surface area contributed by atoms with Crippen molar-refractivity contribution in [3.63, 3.8) is 0 Å². The number of hydrogen-bond acceptors (Lipinski definition) is 5. The molecule has 0 aliphatic carbocycles. The van der Waals surface area contributed by atoms with Crippen molar-refractivity contribution >= 4 is 10.1 Å². The average molecular weight is 317 g/mol. The standard InChI is InChI=1S/C14H23NO5S/c1-15(8-4-10-21(16,17)18)9-7-12-5-6-13(19-2)14(11-12)20-3/h5-6,11H,4,7-10H2,1-3H3,(H,16,17,18). The third kappa shape index (κ3) is 6.79. The molecule has 1 N–H and O–H groups in total. The van der Waals surface area contributed by atoms with Gasteiger partial charge in [0.05, 0.1) is 44.5 Å². The average Bonchev–Trinajstić information content (AvgIpc) is 2.43. The number of ether oxygens (including phenoxy) is 2. The van der Waals surface area contributed by atoms with E-state index in [-0.39, 0.29) is 5.75 Å². The summed E-state index contributed by atoms with van der Waals surface area (Å²) in [6.07, 6.45) is 1.24. The number of methoxy groups -OCH3 is 2. The van der Waals surface area contributed by atoms with Crippen LogP contribution in [-0.4, -0.2) is 53.1 Å². The number of hydrogen-bond donors (Lipinski definition) is 1. The minimum Gasteiger partial charge on any atom is -0.748 e. The van der Waals surface area contributed by atoms with E-state index in [1.54, 1.807) is 14.2 Å². The first kappa shape index (κ1) is 17.7. The summed E-state index contributed by atoms with van der Waals surface area (Å²) in [7, 11) is 1.08. The van der Waals surface area contributed by atoms with Crippen LogP contribution in [0.3, 0.4) is 0 Å². The van der Waals surface area contributed by atoms with Gasteiger partial charge in [-0.3, -0.25) is 0 Å². The normalized spacial score (nSPS) is 13.0. The summed E-state index contributed by atoms with van der Waals surface area (Å²) in [5, 5.41) is 0. The fourth-order valence-corrected chi connectivity index (χ4v) is 2.57. The van der Waals surface area contributed by atoms with Crippen molar-refractivity contribution in [2.24, 2.45) is 0 Å². The maximum absolute atomic E-state index is 10.5. The highest BCUT2D eigenvalue weighted by Crippen LogP contribution is 2.27. The molecule has 1 rings (SSSR count). The van der Waals surface area contributed by atoms with E-state index in [9.17, 15) is 13.0 Å². The fourth-order valence-electron chi connectivity index (χ4n) is 2.07. The van der Waals surface area contributed by atoms with Crippen LogP contribution in [0.4, 0.5) is 0 Å². The van der Waals surface area contributed by atoms with E-state index in [0.717, 1.165) is 18.5 Å². The van der Waals surface area contributed by atoms with Gasteiger partial charge in [-0.1, -0.05) is 6.07 Å². The molecule has 1 aromatic rings. The van der Waals surface area contributed by atoms with Crippen molar-refractivity contribution in [3.8, 4) is 11.5 Å². The largest absolute Gasteiger partial charge is 0.748 e. The Labute approximate surface area is 126 Å². The third-order valence-corrected chi connectivity index (χ3v) is 4.07. The molecule has 0 saturated heterocycles. The van der Waals surface area contributed by atoms with Gasteiger partial charge in [0.2, 0.25) is 0 Å². The Bertz CT molecular complexity index is 544. The first-order chi connectivity index (χ1) is 9.85. The molecule has 0 aliphatic rings. The van der Waals surface area contributed by atoms with Crippen molar-refractivity contribution < 1.29 is 27.3 Å². The topological polar surface area (TPSA) is 80.1 Å². The highest BCUT2D eigenvalue weighted by Gasteiger charge is 2.07. The zero-order valence-corrected chi connectivity index (χ0v) is 13.5. The Hall–Kier alpha value is -1.31. The second-order valence-electron chi connectivity index (χ2n) is 5.01. The summed E-state index contributed by atoms with van der Waals surface area (Å²) in [6, 6.07) is 5.79. The quantitative estimate of drug-likeness (QED) is 0.632. The maximum atomic E-state index is 10.5. The molecule has 6 nitrogen and oxygen atoms in total. The van der Waals surface area contributed by atoms with Gasteiger partial charge in [-0.05, 0) is 17.7 Å². The Kier molecular flexibility index (Phi) is 6.94. The monoisotopic (exact) mass is 317 g/mol. The van der Waals surface area contributed by atoms with Crippen molar-refractivity contribution in [1.82, 2.24) is 0 Å². The van der Waals surface area contributed by atoms with Crippen LogP contribution in [0.15, 0.2) is 18.2 Å². The van der Waals surface area contributed by atoms with Crippen LogP contribution in [0, 0.1) is 0 Å². The van der Waals surface area contributed by atoms with Gasteiger partial charge < -0.3 is 18.9 Å². The van der Waals surface area contributed by atoms with Crippen molar-refractivity contribution in [2.45, 2.75) is 12.8 Å². The first-order valence-electron chi connectivity index (χ1n) is 6.81. The van der Waals surface area contributed by atoms with E-state index in [1.807, 2.05) is 25.2 Å². The number of rotatable bonds is 9. The molecule has 21 heavy (non-hydrogen) atoms. The van der Waals surface area contributed by atoms with Crippen LogP contribution >= 0.6 is 0 Å². The molecule has 1 unspecified atom stereocenters. The van der Waals surface area contributed by atoms with Gasteiger partial charge in [0.25, 0.3) is 0 Å². The van der Waals surface area contributed by atoms with Crippen LogP contribution in [0.1, 0.15) is 12.0 Å². The molecular weight excluding hydrogens is 294 g/mol. The molecule has 0 heterocycles. The lowest BCUT2D eigenvalue weighted by Gasteiger charge is -2.15. The van der Waals surface area contributed by atoms with Crippen LogP contribution < -0.4 is 14.4 Å². The lowest BCUT2D eigenvalue weighted by Crippen LogP contribution is -3.09. The second-order valence-corrected chi connectivity index (χ2v) is 6.54. The molecular formula is C14H23NO5S. The van der Waals surface area contributed by atoms with E-state index in [0.29, 0.717) is 24.5 Å². The van der Waals surface area contributed by atoms with E-state index in [2.05, 4.69) is 0 Å². The first-order valence-corrected chi connectivity index (χ1v) is 8.39. The summed E-state index contributed by atoms with van der Waals surface area (Å²) < 4.78 is 42.0. The molecule has 0 bridgehead atoms. The minimum atomic E-state index is -4.10. The van der Waals surface area contributed by atoms with E-state index >= 15 is 0 Å². The molecule has 0 amide bonds. The van der Waals surface area contributed by atoms with Crippen molar-refractivity contribution in [1.29, 1.82) is 0 Å². The maximum Gasteiger partial charge on any atom is 0.160 e. The molecule has 1 aromatic carbocycles. The molecule has 7 heteroatoms. The van der Waals surface area contributed by atoms with E-state index in [1.165, 1.54) is 4.90 Å². The Morgan fingerprint density at radius 3 is 2.38 bits per heavy atom. The van der Waals surface area contributed by atoms with Crippen LogP contribution in [0.2, 0.25) is 0 Å². The molecule has 0 aromatic heterocycles. The Morgan fingerprint density at radius 2 is 1.81 bits per heavy atom. The van der Waals surface area contributed by atoms with Crippen LogP contribution in [0.25, 0.3) is 0 Å². The third-order valence-electron chi connectivity index (χ3n) is 3.29. The summed E-state index contributed by atoms with van der Waals surface area (Å²) in [4.78, 5) is 1.19. The lowest BCUT2D eigenvalue weighted by atomic mass is 10.1.